The van der Waals surface area contributed by atoms with Crippen LogP contribution in [0.15, 0.2) is 87.7 Å². The van der Waals surface area contributed by atoms with Crippen molar-refractivity contribution < 1.29 is 34.7 Å². The molecule has 0 unspecified atom stereocenters. The second-order valence-electron chi connectivity index (χ2n) is 10.1. The zero-order valence-corrected chi connectivity index (χ0v) is 23.0. The quantitative estimate of drug-likeness (QED) is 0.280. The molecule has 0 saturated heterocycles. The minimum Gasteiger partial charge on any atom is -0.488 e. The highest BCUT2D eigenvalue weighted by molar-refractivity contribution is 8.33. The van der Waals surface area contributed by atoms with Crippen molar-refractivity contribution in [2.75, 3.05) is 0 Å². The van der Waals surface area contributed by atoms with Gasteiger partial charge in [0.05, 0.1) is 0 Å². The van der Waals surface area contributed by atoms with Gasteiger partial charge in [-0.25, -0.2) is 4.98 Å². The molecule has 0 N–H and O–H groups in total. The standard InChI is InChI=1S/C26H30F3NO5S2/c1-24(2,3)33-19-10-14-21(15-11-19)36(23-9-7-8-18-30-23,35-37(31,32)26(27,28)29)22-16-12-20(13-17-22)34-25(4,5)6/h7-18H,1-6H3. The second kappa shape index (κ2) is 10.2. The van der Waals surface area contributed by atoms with Crippen LogP contribution in [0.1, 0.15) is 41.5 Å². The molecule has 0 aliphatic heterocycles. The van der Waals surface area contributed by atoms with Gasteiger partial charge in [0, 0.05) is 16.0 Å². The highest BCUT2D eigenvalue weighted by atomic mass is 32.3. The van der Waals surface area contributed by atoms with Crippen molar-refractivity contribution in [1.29, 1.82) is 0 Å². The number of hydrogen-bond donors (Lipinski definition) is 0. The Bertz CT molecular complexity index is 1240. The van der Waals surface area contributed by atoms with Crippen LogP contribution in [0.25, 0.3) is 0 Å². The number of hydrogen-bond acceptors (Lipinski definition) is 6. The van der Waals surface area contributed by atoms with Gasteiger partial charge >= 0.3 is 15.6 Å². The third-order valence-corrected chi connectivity index (χ3v) is 9.37. The van der Waals surface area contributed by atoms with Crippen LogP contribution < -0.4 is 9.47 Å². The summed E-state index contributed by atoms with van der Waals surface area (Å²) in [6.07, 6.45) is 1.37. The van der Waals surface area contributed by atoms with E-state index in [0.717, 1.165) is 0 Å². The summed E-state index contributed by atoms with van der Waals surface area (Å²) in [7, 11) is -9.57. The first kappa shape index (κ1) is 28.8. The molecule has 3 aromatic rings. The fraction of sp³-hybridized carbons (Fsp3) is 0.346. The minimum atomic E-state index is -6.04. The molecular formula is C26H30F3NO5S2. The van der Waals surface area contributed by atoms with Gasteiger partial charge < -0.3 is 9.47 Å². The summed E-state index contributed by atoms with van der Waals surface area (Å²) in [6, 6.07) is 16.8. The minimum absolute atomic E-state index is 0.0248. The van der Waals surface area contributed by atoms with Crippen LogP contribution in [0.5, 0.6) is 11.5 Å². The van der Waals surface area contributed by atoms with Crippen LogP contribution >= 0.6 is 10.3 Å². The van der Waals surface area contributed by atoms with Crippen molar-refractivity contribution in [1.82, 2.24) is 4.98 Å². The number of aromatic nitrogens is 1. The summed E-state index contributed by atoms with van der Waals surface area (Å²) in [5.41, 5.74) is -6.69. The molecule has 0 radical (unpaired) electrons. The van der Waals surface area contributed by atoms with Gasteiger partial charge in [-0.2, -0.15) is 25.2 Å². The zero-order valence-electron chi connectivity index (χ0n) is 21.4. The Hall–Kier alpha value is -2.76. The highest BCUT2D eigenvalue weighted by Gasteiger charge is 2.53. The number of nitrogens with zero attached hydrogens (tertiary/aromatic N) is 1. The maximum Gasteiger partial charge on any atom is 0.524 e. The van der Waals surface area contributed by atoms with Gasteiger partial charge in [0.1, 0.15) is 27.7 Å². The van der Waals surface area contributed by atoms with Gasteiger partial charge in [-0.1, -0.05) is 6.07 Å². The Labute approximate surface area is 217 Å². The molecule has 2 aromatic carbocycles. The lowest BCUT2D eigenvalue weighted by molar-refractivity contribution is -0.0496. The average Bonchev–Trinajstić information content (AvgIpc) is 2.76. The monoisotopic (exact) mass is 557 g/mol. The van der Waals surface area contributed by atoms with Crippen LogP contribution in [-0.2, 0) is 13.7 Å². The molecule has 0 atom stereocenters. The molecule has 0 aliphatic carbocycles. The van der Waals surface area contributed by atoms with Crippen molar-refractivity contribution in [2.45, 2.75) is 73.1 Å². The third-order valence-electron chi connectivity index (χ3n) is 4.57. The lowest BCUT2D eigenvalue weighted by Crippen LogP contribution is -2.28. The SMILES string of the molecule is CC(C)(C)Oc1ccc(S(OS(=O)(=O)C(F)(F)F)(c2ccc(OC(C)(C)C)cc2)c2ccccn2)cc1. The van der Waals surface area contributed by atoms with Gasteiger partial charge in [0.2, 0.25) is 0 Å². The van der Waals surface area contributed by atoms with Crippen LogP contribution in [0, 0.1) is 0 Å². The summed E-state index contributed by atoms with van der Waals surface area (Å²) >= 11 is 0. The summed E-state index contributed by atoms with van der Waals surface area (Å²) in [5.74, 6) is 0.913. The molecule has 0 fully saturated rings. The first-order valence-electron chi connectivity index (χ1n) is 11.3. The maximum atomic E-state index is 13.7. The van der Waals surface area contributed by atoms with E-state index in [2.05, 4.69) is 4.98 Å². The zero-order chi connectivity index (χ0) is 27.7. The number of halogens is 3. The molecular weight excluding hydrogens is 527 g/mol. The van der Waals surface area contributed by atoms with E-state index in [1.54, 1.807) is 36.4 Å². The summed E-state index contributed by atoms with van der Waals surface area (Å²) in [5, 5.41) is 0.0248. The largest absolute Gasteiger partial charge is 0.524 e. The van der Waals surface area contributed by atoms with Crippen LogP contribution in [-0.4, -0.2) is 30.1 Å². The lowest BCUT2D eigenvalue weighted by Gasteiger charge is -2.38. The number of ether oxygens (including phenoxy) is 2. The van der Waals surface area contributed by atoms with Crippen LogP contribution in [0.2, 0.25) is 0 Å². The molecule has 202 valence electrons. The molecule has 1 aromatic heterocycles. The molecule has 0 saturated carbocycles. The van der Waals surface area contributed by atoms with E-state index < -0.39 is 37.1 Å². The van der Waals surface area contributed by atoms with Gasteiger partial charge in [-0.3, -0.25) is 0 Å². The highest BCUT2D eigenvalue weighted by Crippen LogP contribution is 2.70. The maximum absolute atomic E-state index is 13.7. The second-order valence-corrected chi connectivity index (χ2v) is 14.5. The van der Waals surface area contributed by atoms with Crippen LogP contribution in [0.3, 0.4) is 0 Å². The molecule has 0 bridgehead atoms. The van der Waals surface area contributed by atoms with Gasteiger partial charge in [-0.05, 0) is 113 Å². The molecule has 6 nitrogen and oxygen atoms in total. The normalized spacial score (nSPS) is 13.8. The summed E-state index contributed by atoms with van der Waals surface area (Å²) in [6.45, 7) is 11.1. The summed E-state index contributed by atoms with van der Waals surface area (Å²) in [4.78, 5) is 4.62. The lowest BCUT2D eigenvalue weighted by atomic mass is 10.2. The summed E-state index contributed by atoms with van der Waals surface area (Å²) < 4.78 is 82.8. The number of rotatable bonds is 7. The number of benzene rings is 2. The van der Waals surface area contributed by atoms with E-state index in [0.29, 0.717) is 11.5 Å². The molecule has 37 heavy (non-hydrogen) atoms. The van der Waals surface area contributed by atoms with Gasteiger partial charge in [-0.15, -0.1) is 0 Å². The van der Waals surface area contributed by atoms with E-state index in [1.165, 1.54) is 36.5 Å². The fourth-order valence-electron chi connectivity index (χ4n) is 3.29. The number of pyridine rings is 1. The predicted octanol–water partition coefficient (Wildman–Crippen LogP) is 7.50. The van der Waals surface area contributed by atoms with Crippen molar-refractivity contribution in [3.8, 4) is 11.5 Å². The van der Waals surface area contributed by atoms with E-state index >= 15 is 0 Å². The predicted molar refractivity (Wildman–Crippen MR) is 136 cm³/mol. The average molecular weight is 558 g/mol. The van der Waals surface area contributed by atoms with E-state index in [4.69, 9.17) is 13.1 Å². The first-order chi connectivity index (χ1) is 16.9. The van der Waals surface area contributed by atoms with E-state index in [9.17, 15) is 21.6 Å². The van der Waals surface area contributed by atoms with Gasteiger partial charge in [0.25, 0.3) is 0 Å². The van der Waals surface area contributed by atoms with Crippen molar-refractivity contribution in [2.24, 2.45) is 0 Å². The Balaban J connectivity index is 2.29. The third kappa shape index (κ3) is 6.97. The Morgan fingerprint density at radius 3 is 1.43 bits per heavy atom. The number of alkyl halides is 3. The van der Waals surface area contributed by atoms with Crippen molar-refractivity contribution in [3.63, 3.8) is 0 Å². The molecule has 3 rings (SSSR count). The Morgan fingerprint density at radius 2 is 1.11 bits per heavy atom. The molecule has 11 heteroatoms. The van der Waals surface area contributed by atoms with Crippen molar-refractivity contribution in [3.05, 3.63) is 72.9 Å². The topological polar surface area (TPSA) is 74.7 Å². The first-order valence-corrected chi connectivity index (χ1v) is 14.2. The van der Waals surface area contributed by atoms with E-state index in [-0.39, 0.29) is 14.8 Å². The van der Waals surface area contributed by atoms with E-state index in [1.807, 2.05) is 41.5 Å². The molecule has 0 aliphatic rings. The molecule has 1 heterocycles. The fourth-order valence-corrected chi connectivity index (χ4v) is 7.85. The van der Waals surface area contributed by atoms with Crippen LogP contribution in [0.4, 0.5) is 13.2 Å². The molecule has 0 spiro atoms. The Morgan fingerprint density at radius 1 is 0.676 bits per heavy atom. The smallest absolute Gasteiger partial charge is 0.488 e. The van der Waals surface area contributed by atoms with Crippen molar-refractivity contribution >= 4 is 20.4 Å². The molecule has 0 amide bonds. The Kier molecular flexibility index (Phi) is 7.93. The van der Waals surface area contributed by atoms with Gasteiger partial charge in [0.15, 0.2) is 0 Å².